The first-order chi connectivity index (χ1) is 11.8. The first kappa shape index (κ1) is 23.2. The van der Waals surface area contributed by atoms with E-state index in [0.717, 1.165) is 12.8 Å². The standard InChI is InChI=1S/C22H42O2/c1-2-3-4-5-6-7-8-9-10-11-12-13-14-15-16-17-18-19-20-21-22(23)24/h20-21H,2-19H2,1H3,(H,23,24). The Bertz CT molecular complexity index is 284. The monoisotopic (exact) mass is 338 g/mol. The lowest BCUT2D eigenvalue weighted by molar-refractivity contribution is -0.131. The Balaban J connectivity index is 3.01. The van der Waals surface area contributed by atoms with Gasteiger partial charge in [-0.3, -0.25) is 0 Å². The molecule has 1 N–H and O–H groups in total. The molecule has 0 aromatic carbocycles. The summed E-state index contributed by atoms with van der Waals surface area (Å²) >= 11 is 0. The van der Waals surface area contributed by atoms with Crippen molar-refractivity contribution >= 4 is 5.97 Å². The fourth-order valence-electron chi connectivity index (χ4n) is 3.17. The molecule has 0 aliphatic heterocycles. The Kier molecular flexibility index (Phi) is 19.6. The lowest BCUT2D eigenvalue weighted by atomic mass is 10.0. The third-order valence-electron chi connectivity index (χ3n) is 4.73. The lowest BCUT2D eigenvalue weighted by Crippen LogP contribution is -1.86. The van der Waals surface area contributed by atoms with Gasteiger partial charge >= 0.3 is 5.97 Å². The van der Waals surface area contributed by atoms with Crippen LogP contribution in [0.25, 0.3) is 0 Å². The minimum absolute atomic E-state index is 0.832. The quantitative estimate of drug-likeness (QED) is 0.194. The molecule has 2 nitrogen and oxygen atoms in total. The molecule has 0 atom stereocenters. The van der Waals surface area contributed by atoms with Crippen LogP contribution in [0.2, 0.25) is 0 Å². The van der Waals surface area contributed by atoms with Gasteiger partial charge in [0.1, 0.15) is 0 Å². The van der Waals surface area contributed by atoms with Crippen LogP contribution in [0.3, 0.4) is 0 Å². The third-order valence-corrected chi connectivity index (χ3v) is 4.73. The first-order valence-corrected chi connectivity index (χ1v) is 10.7. The summed E-state index contributed by atoms with van der Waals surface area (Å²) < 4.78 is 0. The van der Waals surface area contributed by atoms with Crippen molar-refractivity contribution in [2.75, 3.05) is 0 Å². The fraction of sp³-hybridized carbons (Fsp3) is 0.864. The maximum atomic E-state index is 10.3. The van der Waals surface area contributed by atoms with Crippen molar-refractivity contribution in [1.82, 2.24) is 0 Å². The molecule has 0 saturated carbocycles. The van der Waals surface area contributed by atoms with E-state index in [9.17, 15) is 4.79 Å². The zero-order valence-corrected chi connectivity index (χ0v) is 16.2. The van der Waals surface area contributed by atoms with Crippen LogP contribution in [0.4, 0.5) is 0 Å². The van der Waals surface area contributed by atoms with Crippen molar-refractivity contribution in [3.63, 3.8) is 0 Å². The summed E-state index contributed by atoms with van der Waals surface area (Å²) in [7, 11) is 0. The molecule has 0 amide bonds. The largest absolute Gasteiger partial charge is 0.478 e. The molecule has 0 bridgehead atoms. The topological polar surface area (TPSA) is 37.3 Å². The van der Waals surface area contributed by atoms with E-state index < -0.39 is 5.97 Å². The summed E-state index contributed by atoms with van der Waals surface area (Å²) in [6, 6.07) is 0. The minimum Gasteiger partial charge on any atom is -0.478 e. The van der Waals surface area contributed by atoms with Gasteiger partial charge in [-0.25, -0.2) is 4.79 Å². The molecule has 2 heteroatoms. The molecule has 0 aromatic rings. The number of hydrogen-bond acceptors (Lipinski definition) is 1. The van der Waals surface area contributed by atoms with Gasteiger partial charge in [-0.05, 0) is 12.8 Å². The van der Waals surface area contributed by atoms with E-state index in [1.54, 1.807) is 6.08 Å². The van der Waals surface area contributed by atoms with Crippen LogP contribution < -0.4 is 0 Å². The van der Waals surface area contributed by atoms with Crippen LogP contribution in [-0.2, 0) is 4.79 Å². The molecule has 0 aromatic heterocycles. The maximum absolute atomic E-state index is 10.3. The molecular weight excluding hydrogens is 296 g/mol. The normalized spacial score (nSPS) is 11.4. The van der Waals surface area contributed by atoms with Gasteiger partial charge in [-0.2, -0.15) is 0 Å². The first-order valence-electron chi connectivity index (χ1n) is 10.7. The van der Waals surface area contributed by atoms with Crippen molar-refractivity contribution in [2.45, 2.75) is 122 Å². The Morgan fingerprint density at radius 2 is 0.958 bits per heavy atom. The van der Waals surface area contributed by atoms with Gasteiger partial charge in [0.25, 0.3) is 0 Å². The SMILES string of the molecule is CCCCCCCCCCCCCCCCCCCC=CC(=O)O. The predicted molar refractivity (Wildman–Crippen MR) is 106 cm³/mol. The Hall–Kier alpha value is -0.790. The molecule has 24 heavy (non-hydrogen) atoms. The Morgan fingerprint density at radius 3 is 1.29 bits per heavy atom. The van der Waals surface area contributed by atoms with Crippen molar-refractivity contribution in [1.29, 1.82) is 0 Å². The second kappa shape index (κ2) is 20.3. The summed E-state index contributed by atoms with van der Waals surface area (Å²) in [6.07, 6.45) is 27.5. The number of carboxylic acid groups (broad SMARTS) is 1. The molecule has 0 heterocycles. The van der Waals surface area contributed by atoms with Crippen molar-refractivity contribution < 1.29 is 9.90 Å². The van der Waals surface area contributed by atoms with Crippen LogP contribution in [-0.4, -0.2) is 11.1 Å². The Morgan fingerprint density at radius 1 is 0.625 bits per heavy atom. The molecule has 0 radical (unpaired) electrons. The van der Waals surface area contributed by atoms with E-state index in [2.05, 4.69) is 6.92 Å². The third kappa shape index (κ3) is 21.2. The summed E-state index contributed by atoms with van der Waals surface area (Å²) in [5, 5.41) is 8.47. The van der Waals surface area contributed by atoms with E-state index in [-0.39, 0.29) is 0 Å². The van der Waals surface area contributed by atoms with Gasteiger partial charge in [0.15, 0.2) is 0 Å². The van der Waals surface area contributed by atoms with Gasteiger partial charge in [0.05, 0.1) is 0 Å². The average Bonchev–Trinajstić information content (AvgIpc) is 2.56. The summed E-state index contributed by atoms with van der Waals surface area (Å²) in [5.74, 6) is -0.832. The predicted octanol–water partition coefficient (Wildman–Crippen LogP) is 7.67. The molecule has 0 fully saturated rings. The van der Waals surface area contributed by atoms with E-state index in [0.29, 0.717) is 0 Å². The number of aliphatic carboxylic acids is 1. The van der Waals surface area contributed by atoms with Gasteiger partial charge in [0.2, 0.25) is 0 Å². The molecule has 0 aliphatic carbocycles. The van der Waals surface area contributed by atoms with E-state index in [1.807, 2.05) is 0 Å². The highest BCUT2D eigenvalue weighted by Crippen LogP contribution is 2.14. The van der Waals surface area contributed by atoms with Crippen molar-refractivity contribution in [2.24, 2.45) is 0 Å². The van der Waals surface area contributed by atoms with Gasteiger partial charge in [0, 0.05) is 6.08 Å². The lowest BCUT2D eigenvalue weighted by Gasteiger charge is -2.03. The van der Waals surface area contributed by atoms with Crippen molar-refractivity contribution in [3.05, 3.63) is 12.2 Å². The molecule has 0 unspecified atom stereocenters. The molecule has 0 saturated heterocycles. The molecule has 142 valence electrons. The number of hydrogen-bond donors (Lipinski definition) is 1. The average molecular weight is 339 g/mol. The zero-order valence-electron chi connectivity index (χ0n) is 16.2. The van der Waals surface area contributed by atoms with Gasteiger partial charge in [-0.1, -0.05) is 116 Å². The second-order valence-corrected chi connectivity index (χ2v) is 7.19. The number of carboxylic acids is 1. The van der Waals surface area contributed by atoms with Crippen LogP contribution in [0.5, 0.6) is 0 Å². The summed E-state index contributed by atoms with van der Waals surface area (Å²) in [4.78, 5) is 10.3. The smallest absolute Gasteiger partial charge is 0.327 e. The highest BCUT2D eigenvalue weighted by Gasteiger charge is 1.94. The minimum atomic E-state index is -0.832. The van der Waals surface area contributed by atoms with Crippen molar-refractivity contribution in [3.8, 4) is 0 Å². The molecule has 0 rings (SSSR count). The van der Waals surface area contributed by atoms with Gasteiger partial charge in [-0.15, -0.1) is 0 Å². The molecule has 0 aliphatic rings. The second-order valence-electron chi connectivity index (χ2n) is 7.19. The van der Waals surface area contributed by atoms with Crippen LogP contribution in [0.1, 0.15) is 122 Å². The molecular formula is C22H42O2. The van der Waals surface area contributed by atoms with Crippen LogP contribution >= 0.6 is 0 Å². The zero-order chi connectivity index (χ0) is 17.7. The number of carbonyl (C=O) groups is 1. The Labute approximate surface area is 151 Å². The fourth-order valence-corrected chi connectivity index (χ4v) is 3.17. The molecule has 0 spiro atoms. The van der Waals surface area contributed by atoms with Crippen LogP contribution in [0.15, 0.2) is 12.2 Å². The van der Waals surface area contributed by atoms with Gasteiger partial charge < -0.3 is 5.11 Å². The van der Waals surface area contributed by atoms with Crippen LogP contribution in [0, 0.1) is 0 Å². The maximum Gasteiger partial charge on any atom is 0.327 e. The summed E-state index contributed by atoms with van der Waals surface area (Å²) in [5.41, 5.74) is 0. The number of allylic oxidation sites excluding steroid dienone is 1. The summed E-state index contributed by atoms with van der Waals surface area (Å²) in [6.45, 7) is 2.28. The van der Waals surface area contributed by atoms with E-state index in [4.69, 9.17) is 5.11 Å². The van der Waals surface area contributed by atoms with E-state index >= 15 is 0 Å². The highest BCUT2D eigenvalue weighted by atomic mass is 16.4. The highest BCUT2D eigenvalue weighted by molar-refractivity contribution is 5.79. The number of unbranched alkanes of at least 4 members (excludes halogenated alkanes) is 17. The number of rotatable bonds is 19. The van der Waals surface area contributed by atoms with E-state index in [1.165, 1.54) is 109 Å².